The molecule has 1 fully saturated rings. The number of benzene rings is 2. The zero-order valence-corrected chi connectivity index (χ0v) is 20.2. The molecule has 3 heterocycles. The Morgan fingerprint density at radius 3 is 2.75 bits per heavy atom. The summed E-state index contributed by atoms with van der Waals surface area (Å²) in [6.07, 6.45) is 7.45. The summed E-state index contributed by atoms with van der Waals surface area (Å²) in [6, 6.07) is 11.7. The first-order valence-electron chi connectivity index (χ1n) is 12.2. The minimum absolute atomic E-state index is 0.0263. The van der Waals surface area contributed by atoms with E-state index in [2.05, 4.69) is 57.5 Å². The molecule has 1 aliphatic heterocycles. The number of ether oxygens (including phenoxy) is 1. The van der Waals surface area contributed by atoms with Gasteiger partial charge in [0, 0.05) is 12.4 Å². The minimum Gasteiger partial charge on any atom is -0.452 e. The molecular formula is C28H26FN5O2. The molecule has 2 aliphatic rings. The zero-order valence-electron chi connectivity index (χ0n) is 20.2. The van der Waals surface area contributed by atoms with E-state index >= 15 is 4.39 Å². The van der Waals surface area contributed by atoms with Gasteiger partial charge in [-0.1, -0.05) is 41.1 Å². The number of nitrogens with zero attached hydrogens (tertiary/aromatic N) is 4. The van der Waals surface area contributed by atoms with Crippen LogP contribution in [-0.2, 0) is 11.3 Å². The second kappa shape index (κ2) is 9.18. The highest BCUT2D eigenvalue weighted by atomic mass is 19.1. The van der Waals surface area contributed by atoms with Crippen LogP contribution in [0.4, 0.5) is 4.39 Å². The van der Waals surface area contributed by atoms with Crippen molar-refractivity contribution in [3.63, 3.8) is 0 Å². The third-order valence-corrected chi connectivity index (χ3v) is 6.67. The van der Waals surface area contributed by atoms with Gasteiger partial charge in [-0.2, -0.15) is 0 Å². The Bertz CT molecular complexity index is 1480. The summed E-state index contributed by atoms with van der Waals surface area (Å²) < 4.78 is 21.4. The summed E-state index contributed by atoms with van der Waals surface area (Å²) in [7, 11) is 0. The Morgan fingerprint density at radius 2 is 1.92 bits per heavy atom. The molecule has 2 aromatic carbocycles. The standard InChI is InChI=1S/C28H26FN5O2/c1-16-6-7-19(17(2)12-16)13-20-15-35-34-27(33-20)24-23(14-32-28-26(24)30-10-11-31-28)36-22-5-3-4-21(25(22)29)18-8-9-18/h3-7,10-12,14,18,20H,8-9,13,15H2,1-2H3,(H,33,34)/t20-/m1/s1. The fourth-order valence-electron chi connectivity index (χ4n) is 4.66. The zero-order chi connectivity index (χ0) is 24.6. The molecule has 6 rings (SSSR count). The number of halogens is 1. The third-order valence-electron chi connectivity index (χ3n) is 6.67. The number of fused-ring (bicyclic) bond motifs is 1. The number of pyridine rings is 1. The average molecular weight is 484 g/mol. The first-order chi connectivity index (χ1) is 17.6. The monoisotopic (exact) mass is 483 g/mol. The van der Waals surface area contributed by atoms with E-state index in [1.807, 2.05) is 12.1 Å². The molecule has 0 bridgehead atoms. The molecule has 2 aromatic heterocycles. The Morgan fingerprint density at radius 1 is 1.06 bits per heavy atom. The number of aromatic nitrogens is 3. The summed E-state index contributed by atoms with van der Waals surface area (Å²) in [5.41, 5.74) is 5.85. The van der Waals surface area contributed by atoms with Crippen molar-refractivity contribution in [1.82, 2.24) is 20.3 Å². The topological polar surface area (TPSA) is 81.5 Å². The quantitative estimate of drug-likeness (QED) is 0.399. The number of nitrogens with one attached hydrogen (secondary N) is 1. The smallest absolute Gasteiger partial charge is 0.179 e. The molecule has 4 aromatic rings. The van der Waals surface area contributed by atoms with Gasteiger partial charge in [0.05, 0.1) is 17.8 Å². The first kappa shape index (κ1) is 22.4. The summed E-state index contributed by atoms with van der Waals surface area (Å²) in [4.78, 5) is 18.9. The van der Waals surface area contributed by atoms with Gasteiger partial charge in [-0.05, 0) is 61.8 Å². The lowest BCUT2D eigenvalue weighted by atomic mass is 9.99. The van der Waals surface area contributed by atoms with Crippen LogP contribution in [0.5, 0.6) is 11.5 Å². The van der Waals surface area contributed by atoms with Crippen LogP contribution in [0.1, 0.15) is 46.6 Å². The van der Waals surface area contributed by atoms with Crippen LogP contribution in [0, 0.1) is 19.7 Å². The van der Waals surface area contributed by atoms with Crippen molar-refractivity contribution in [2.45, 2.75) is 45.1 Å². The maximum absolute atomic E-state index is 15.3. The van der Waals surface area contributed by atoms with Crippen molar-refractivity contribution in [3.05, 3.63) is 88.6 Å². The predicted molar refractivity (Wildman–Crippen MR) is 135 cm³/mol. The van der Waals surface area contributed by atoms with Gasteiger partial charge in [0.15, 0.2) is 28.8 Å². The molecule has 182 valence electrons. The molecule has 1 N–H and O–H groups in total. The Labute approximate surface area is 208 Å². The van der Waals surface area contributed by atoms with E-state index < -0.39 is 0 Å². The molecule has 1 atom stereocenters. The normalized spacial score (nSPS) is 17.3. The van der Waals surface area contributed by atoms with E-state index in [4.69, 9.17) is 9.57 Å². The van der Waals surface area contributed by atoms with Crippen molar-refractivity contribution < 1.29 is 14.0 Å². The van der Waals surface area contributed by atoms with Crippen LogP contribution >= 0.6 is 0 Å². The second-order valence-corrected chi connectivity index (χ2v) is 9.47. The van der Waals surface area contributed by atoms with Gasteiger partial charge in [0.1, 0.15) is 12.1 Å². The highest BCUT2D eigenvalue weighted by Crippen LogP contribution is 2.43. The fourth-order valence-corrected chi connectivity index (χ4v) is 4.66. The van der Waals surface area contributed by atoms with Gasteiger partial charge in [-0.25, -0.2) is 14.4 Å². The van der Waals surface area contributed by atoms with Crippen LogP contribution < -0.4 is 10.1 Å². The van der Waals surface area contributed by atoms with Crippen molar-refractivity contribution in [2.75, 3.05) is 6.61 Å². The number of aryl methyl sites for hydroxylation is 2. The lowest BCUT2D eigenvalue weighted by Crippen LogP contribution is -2.43. The molecule has 0 amide bonds. The molecule has 8 heteroatoms. The highest BCUT2D eigenvalue weighted by Gasteiger charge is 2.29. The Balaban J connectivity index is 1.36. The molecule has 1 saturated carbocycles. The van der Waals surface area contributed by atoms with Crippen LogP contribution in [0.2, 0.25) is 0 Å². The largest absolute Gasteiger partial charge is 0.452 e. The molecule has 0 spiro atoms. The number of rotatable bonds is 6. The van der Waals surface area contributed by atoms with Crippen molar-refractivity contribution in [2.24, 2.45) is 5.16 Å². The third kappa shape index (κ3) is 4.34. The van der Waals surface area contributed by atoms with Gasteiger partial charge in [-0.3, -0.25) is 4.98 Å². The van der Waals surface area contributed by atoms with E-state index in [0.29, 0.717) is 40.5 Å². The fraction of sp³-hybridized carbons (Fsp3) is 0.286. The predicted octanol–water partition coefficient (Wildman–Crippen LogP) is 5.34. The van der Waals surface area contributed by atoms with Crippen LogP contribution in [-0.4, -0.2) is 33.4 Å². The van der Waals surface area contributed by atoms with Gasteiger partial charge in [0.25, 0.3) is 0 Å². The van der Waals surface area contributed by atoms with Crippen molar-refractivity contribution >= 4 is 17.0 Å². The molecule has 0 unspecified atom stereocenters. The number of amidine groups is 1. The van der Waals surface area contributed by atoms with Gasteiger partial charge < -0.3 is 14.9 Å². The van der Waals surface area contributed by atoms with E-state index in [1.165, 1.54) is 22.9 Å². The SMILES string of the molecule is Cc1ccc(C[C@@H]2CON=C(c3c(Oc4cccc(C5CC5)c4F)cnc4nccnc34)N2)c(C)c1. The van der Waals surface area contributed by atoms with Crippen LogP contribution in [0.25, 0.3) is 11.2 Å². The van der Waals surface area contributed by atoms with E-state index in [-0.39, 0.29) is 23.5 Å². The lowest BCUT2D eigenvalue weighted by molar-refractivity contribution is 0.109. The van der Waals surface area contributed by atoms with Gasteiger partial charge in [-0.15, -0.1) is 0 Å². The minimum atomic E-state index is -0.340. The van der Waals surface area contributed by atoms with Crippen molar-refractivity contribution in [1.29, 1.82) is 0 Å². The maximum atomic E-state index is 15.3. The summed E-state index contributed by atoms with van der Waals surface area (Å²) in [6.45, 7) is 4.62. The summed E-state index contributed by atoms with van der Waals surface area (Å²) in [5, 5.41) is 7.78. The Hall–Kier alpha value is -4.07. The van der Waals surface area contributed by atoms with Crippen LogP contribution in [0.15, 0.2) is 60.1 Å². The van der Waals surface area contributed by atoms with Crippen LogP contribution in [0.3, 0.4) is 0 Å². The van der Waals surface area contributed by atoms with Gasteiger partial charge in [0.2, 0.25) is 0 Å². The molecule has 0 radical (unpaired) electrons. The number of hydrogen-bond donors (Lipinski definition) is 1. The second-order valence-electron chi connectivity index (χ2n) is 9.47. The molecule has 1 aliphatic carbocycles. The van der Waals surface area contributed by atoms with E-state index in [0.717, 1.165) is 19.3 Å². The first-order valence-corrected chi connectivity index (χ1v) is 12.2. The van der Waals surface area contributed by atoms with Crippen molar-refractivity contribution in [3.8, 4) is 11.5 Å². The van der Waals surface area contributed by atoms with E-state index in [9.17, 15) is 0 Å². The summed E-state index contributed by atoms with van der Waals surface area (Å²) in [5.74, 6) is 0.856. The maximum Gasteiger partial charge on any atom is 0.179 e. The molecule has 0 saturated heterocycles. The van der Waals surface area contributed by atoms with Gasteiger partial charge >= 0.3 is 0 Å². The molecular weight excluding hydrogens is 457 g/mol. The number of hydrogen-bond acceptors (Lipinski definition) is 7. The average Bonchev–Trinajstić information content (AvgIpc) is 3.72. The highest BCUT2D eigenvalue weighted by molar-refractivity contribution is 6.09. The summed E-state index contributed by atoms with van der Waals surface area (Å²) >= 11 is 0. The van der Waals surface area contributed by atoms with E-state index in [1.54, 1.807) is 18.5 Å². The lowest BCUT2D eigenvalue weighted by Gasteiger charge is -2.26. The Kier molecular flexibility index (Phi) is 5.71. The number of oxime groups is 1. The molecule has 36 heavy (non-hydrogen) atoms. The molecule has 7 nitrogen and oxygen atoms in total.